The first-order chi connectivity index (χ1) is 13.7. The van der Waals surface area contributed by atoms with Gasteiger partial charge in [-0.2, -0.15) is 0 Å². The van der Waals surface area contributed by atoms with E-state index in [1.54, 1.807) is 13.8 Å². The van der Waals surface area contributed by atoms with Crippen LogP contribution in [0.2, 0.25) is 0 Å². The van der Waals surface area contributed by atoms with E-state index in [9.17, 15) is 18.0 Å². The number of carbonyl (C=O) groups is 2. The molecule has 0 bridgehead atoms. The third-order valence-electron chi connectivity index (χ3n) is 3.74. The Labute approximate surface area is 170 Å². The van der Waals surface area contributed by atoms with Gasteiger partial charge >= 0.3 is 6.16 Å². The molecule has 29 heavy (non-hydrogen) atoms. The van der Waals surface area contributed by atoms with Crippen LogP contribution in [0.4, 0.5) is 4.79 Å². The van der Waals surface area contributed by atoms with Gasteiger partial charge in [0, 0.05) is 12.3 Å². The number of aromatic nitrogens is 1. The van der Waals surface area contributed by atoms with Crippen LogP contribution in [0.25, 0.3) is 0 Å². The molecule has 8 nitrogen and oxygen atoms in total. The van der Waals surface area contributed by atoms with Crippen LogP contribution in [0.1, 0.15) is 42.6 Å². The van der Waals surface area contributed by atoms with Crippen LogP contribution in [-0.4, -0.2) is 37.3 Å². The Morgan fingerprint density at radius 3 is 2.41 bits per heavy atom. The molecule has 0 saturated carbocycles. The minimum atomic E-state index is -3.76. The minimum absolute atomic E-state index is 0.0300. The Morgan fingerprint density at radius 2 is 1.79 bits per heavy atom. The Balaban J connectivity index is 1.80. The summed E-state index contributed by atoms with van der Waals surface area (Å²) in [6.45, 7) is 3.34. The van der Waals surface area contributed by atoms with Gasteiger partial charge in [-0.25, -0.2) is 22.9 Å². The molecule has 1 amide bonds. The van der Waals surface area contributed by atoms with Crippen LogP contribution in [0.15, 0.2) is 48.7 Å². The van der Waals surface area contributed by atoms with Crippen LogP contribution in [0.5, 0.6) is 5.88 Å². The minimum Gasteiger partial charge on any atom is -0.431 e. The maximum Gasteiger partial charge on any atom is 0.515 e. The highest BCUT2D eigenvalue weighted by Gasteiger charge is 2.17. The molecule has 0 spiro atoms. The van der Waals surface area contributed by atoms with Crippen molar-refractivity contribution in [3.05, 3.63) is 59.8 Å². The van der Waals surface area contributed by atoms with E-state index in [-0.39, 0.29) is 23.3 Å². The van der Waals surface area contributed by atoms with E-state index < -0.39 is 22.1 Å². The van der Waals surface area contributed by atoms with Gasteiger partial charge in [-0.05, 0) is 44.7 Å². The molecule has 0 atom stereocenters. The van der Waals surface area contributed by atoms with Crippen molar-refractivity contribution in [1.29, 1.82) is 0 Å². The van der Waals surface area contributed by atoms with Crippen molar-refractivity contribution in [2.75, 3.05) is 5.75 Å². The zero-order valence-corrected chi connectivity index (χ0v) is 17.1. The molecule has 156 valence electrons. The van der Waals surface area contributed by atoms with Gasteiger partial charge in [0.25, 0.3) is 5.91 Å². The molecule has 0 saturated heterocycles. The summed E-state index contributed by atoms with van der Waals surface area (Å²) in [5, 5.41) is 0. The first kappa shape index (κ1) is 22.4. The molecule has 0 radical (unpaired) electrons. The molecule has 9 heteroatoms. The van der Waals surface area contributed by atoms with Gasteiger partial charge in [0.2, 0.25) is 15.9 Å². The van der Waals surface area contributed by atoms with Gasteiger partial charge in [0.1, 0.15) is 0 Å². The zero-order chi connectivity index (χ0) is 21.3. The summed E-state index contributed by atoms with van der Waals surface area (Å²) in [6, 6.07) is 12.4. The third-order valence-corrected chi connectivity index (χ3v) is 5.06. The second-order valence-corrected chi connectivity index (χ2v) is 8.44. The summed E-state index contributed by atoms with van der Waals surface area (Å²) in [4.78, 5) is 27.3. The van der Waals surface area contributed by atoms with Gasteiger partial charge in [-0.1, -0.05) is 30.3 Å². The number of benzene rings is 1. The van der Waals surface area contributed by atoms with Crippen molar-refractivity contribution in [3.63, 3.8) is 0 Å². The van der Waals surface area contributed by atoms with Crippen molar-refractivity contribution in [2.45, 2.75) is 39.2 Å². The molecule has 0 aliphatic heterocycles. The fourth-order valence-electron chi connectivity index (χ4n) is 2.39. The first-order valence-corrected chi connectivity index (χ1v) is 10.8. The lowest BCUT2D eigenvalue weighted by Gasteiger charge is -2.09. The van der Waals surface area contributed by atoms with E-state index in [1.165, 1.54) is 12.1 Å². The lowest BCUT2D eigenvalue weighted by atomic mass is 10.1. The third kappa shape index (κ3) is 8.30. The van der Waals surface area contributed by atoms with E-state index in [0.717, 1.165) is 18.2 Å². The summed E-state index contributed by atoms with van der Waals surface area (Å²) in [7, 11) is -3.76. The van der Waals surface area contributed by atoms with E-state index in [1.807, 2.05) is 35.1 Å². The van der Waals surface area contributed by atoms with Crippen LogP contribution in [0.3, 0.4) is 0 Å². The number of hydrogen-bond donors (Lipinski definition) is 1. The number of unbranched alkanes of at least 4 members (excludes halogenated alkanes) is 1. The van der Waals surface area contributed by atoms with Crippen molar-refractivity contribution < 1.29 is 27.5 Å². The number of ether oxygens (including phenoxy) is 2. The average molecular weight is 420 g/mol. The van der Waals surface area contributed by atoms with Gasteiger partial charge in [-0.15, -0.1) is 0 Å². The van der Waals surface area contributed by atoms with Gasteiger partial charge < -0.3 is 9.47 Å². The molecule has 2 rings (SSSR count). The summed E-state index contributed by atoms with van der Waals surface area (Å²) in [5.41, 5.74) is 1.17. The Hall–Kier alpha value is -2.94. The summed E-state index contributed by atoms with van der Waals surface area (Å²) in [6.07, 6.45) is 1.76. The van der Waals surface area contributed by atoms with Crippen molar-refractivity contribution in [3.8, 4) is 5.88 Å². The molecule has 0 fully saturated rings. The van der Waals surface area contributed by atoms with E-state index in [0.29, 0.717) is 12.8 Å². The number of hydrogen-bond acceptors (Lipinski definition) is 7. The fourth-order valence-corrected chi connectivity index (χ4v) is 3.48. The predicted octanol–water partition coefficient (Wildman–Crippen LogP) is 3.09. The number of carbonyl (C=O) groups excluding carboxylic acids is 2. The average Bonchev–Trinajstić information content (AvgIpc) is 2.65. The predicted molar refractivity (Wildman–Crippen MR) is 107 cm³/mol. The molecule has 0 aliphatic carbocycles. The number of sulfonamides is 1. The maximum atomic E-state index is 12.1. The summed E-state index contributed by atoms with van der Waals surface area (Å²) in [5.74, 6) is -1.01. The van der Waals surface area contributed by atoms with Gasteiger partial charge in [0.15, 0.2) is 0 Å². The van der Waals surface area contributed by atoms with Crippen LogP contribution < -0.4 is 9.46 Å². The number of aryl methyl sites for hydroxylation is 1. The number of rotatable bonds is 9. The monoisotopic (exact) mass is 420 g/mol. The second-order valence-electron chi connectivity index (χ2n) is 6.60. The molecule has 1 aromatic heterocycles. The smallest absolute Gasteiger partial charge is 0.431 e. The SMILES string of the molecule is CC(C)OC(=O)Oc1ccc(C(=O)NS(=O)(=O)CCCCc2ccccc2)cn1. The molecule has 1 N–H and O–H groups in total. The molecule has 1 aromatic carbocycles. The first-order valence-electron chi connectivity index (χ1n) is 9.18. The van der Waals surface area contributed by atoms with Crippen LogP contribution >= 0.6 is 0 Å². The second kappa shape index (κ2) is 10.6. The molecule has 2 aromatic rings. The van der Waals surface area contributed by atoms with E-state index in [2.05, 4.69) is 4.98 Å². The molecule has 0 aliphatic rings. The van der Waals surface area contributed by atoms with Gasteiger partial charge in [-0.3, -0.25) is 4.79 Å². The lowest BCUT2D eigenvalue weighted by Crippen LogP contribution is -2.32. The van der Waals surface area contributed by atoms with Crippen LogP contribution in [-0.2, 0) is 21.2 Å². The molecule has 1 heterocycles. The highest BCUT2D eigenvalue weighted by atomic mass is 32.2. The van der Waals surface area contributed by atoms with Crippen molar-refractivity contribution in [2.24, 2.45) is 0 Å². The van der Waals surface area contributed by atoms with E-state index >= 15 is 0 Å². The Morgan fingerprint density at radius 1 is 1.07 bits per heavy atom. The summed E-state index contributed by atoms with van der Waals surface area (Å²) >= 11 is 0. The maximum absolute atomic E-state index is 12.1. The standard InChI is InChI=1S/C20H24N2O6S/c1-15(2)27-20(24)28-18-12-11-17(14-21-18)19(23)22-29(25,26)13-7-6-10-16-8-4-3-5-9-16/h3-5,8-9,11-12,14-15H,6-7,10,13H2,1-2H3,(H,22,23). The fraction of sp³-hybridized carbons (Fsp3) is 0.350. The molecule has 0 unspecified atom stereocenters. The highest BCUT2D eigenvalue weighted by molar-refractivity contribution is 7.90. The summed E-state index contributed by atoms with van der Waals surface area (Å²) < 4.78 is 35.9. The normalized spacial score (nSPS) is 11.1. The molecular formula is C20H24N2O6S. The van der Waals surface area contributed by atoms with Crippen LogP contribution in [0, 0.1) is 0 Å². The lowest BCUT2D eigenvalue weighted by molar-refractivity contribution is 0.0716. The van der Waals surface area contributed by atoms with E-state index in [4.69, 9.17) is 9.47 Å². The number of nitrogens with one attached hydrogen (secondary N) is 1. The zero-order valence-electron chi connectivity index (χ0n) is 16.3. The number of nitrogens with zero attached hydrogens (tertiary/aromatic N) is 1. The van der Waals surface area contributed by atoms with Crippen molar-refractivity contribution >= 4 is 22.1 Å². The Bertz CT molecular complexity index is 912. The van der Waals surface area contributed by atoms with Crippen molar-refractivity contribution in [1.82, 2.24) is 9.71 Å². The largest absolute Gasteiger partial charge is 0.515 e. The van der Waals surface area contributed by atoms with Gasteiger partial charge in [0.05, 0.1) is 17.4 Å². The quantitative estimate of drug-likeness (QED) is 0.490. The number of pyridine rings is 1. The highest BCUT2D eigenvalue weighted by Crippen LogP contribution is 2.10. The number of amides is 1. The molecular weight excluding hydrogens is 396 g/mol. The topological polar surface area (TPSA) is 112 Å². The Kier molecular flexibility index (Phi) is 8.14.